The van der Waals surface area contributed by atoms with Crippen LogP contribution in [0.15, 0.2) is 48.5 Å². The number of amides is 1. The van der Waals surface area contributed by atoms with E-state index < -0.39 is 6.10 Å². The predicted molar refractivity (Wildman–Crippen MR) is 110 cm³/mol. The minimum atomic E-state index is -0.525. The fraction of sp³-hybridized carbons (Fsp3) is 0.333. The van der Waals surface area contributed by atoms with Crippen LogP contribution < -0.4 is 4.74 Å². The summed E-state index contributed by atoms with van der Waals surface area (Å²) in [5, 5.41) is 1.79. The van der Waals surface area contributed by atoms with Gasteiger partial charge in [-0.15, -0.1) is 11.3 Å². The number of ether oxygens (including phenoxy) is 1. The van der Waals surface area contributed by atoms with Crippen molar-refractivity contribution in [1.82, 2.24) is 9.88 Å². The number of thiazole rings is 1. The molecule has 1 atom stereocenters. The number of para-hydroxylation sites is 1. The highest BCUT2D eigenvalue weighted by atomic mass is 35.5. The summed E-state index contributed by atoms with van der Waals surface area (Å²) in [4.78, 5) is 19.4. The highest BCUT2D eigenvalue weighted by Gasteiger charge is 2.29. The zero-order valence-corrected chi connectivity index (χ0v) is 16.7. The summed E-state index contributed by atoms with van der Waals surface area (Å²) in [6, 6.07) is 15.4. The Kier molecular flexibility index (Phi) is 5.32. The number of nitrogens with zero attached hydrogens (tertiary/aromatic N) is 2. The van der Waals surface area contributed by atoms with Gasteiger partial charge in [-0.2, -0.15) is 0 Å². The second kappa shape index (κ2) is 7.87. The third-order valence-corrected chi connectivity index (χ3v) is 6.36. The average molecular weight is 401 g/mol. The molecule has 1 aliphatic rings. The van der Waals surface area contributed by atoms with E-state index >= 15 is 0 Å². The topological polar surface area (TPSA) is 42.4 Å². The van der Waals surface area contributed by atoms with Gasteiger partial charge in [-0.1, -0.05) is 29.8 Å². The molecular weight excluding hydrogens is 380 g/mol. The van der Waals surface area contributed by atoms with Crippen LogP contribution >= 0.6 is 22.9 Å². The van der Waals surface area contributed by atoms with Crippen LogP contribution in [-0.2, 0) is 4.79 Å². The van der Waals surface area contributed by atoms with Crippen LogP contribution in [0.25, 0.3) is 10.2 Å². The normalized spacial score (nSPS) is 16.4. The zero-order valence-electron chi connectivity index (χ0n) is 15.1. The van der Waals surface area contributed by atoms with Crippen molar-refractivity contribution >= 4 is 39.1 Å². The van der Waals surface area contributed by atoms with Crippen LogP contribution in [0.1, 0.15) is 30.7 Å². The molecule has 27 heavy (non-hydrogen) atoms. The van der Waals surface area contributed by atoms with Crippen molar-refractivity contribution in [3.8, 4) is 5.75 Å². The number of rotatable bonds is 4. The fourth-order valence-corrected chi connectivity index (χ4v) is 4.78. The number of hydrogen-bond acceptors (Lipinski definition) is 4. The molecule has 0 saturated carbocycles. The molecule has 140 valence electrons. The molecule has 4 nitrogen and oxygen atoms in total. The largest absolute Gasteiger partial charge is 0.481 e. The van der Waals surface area contributed by atoms with Crippen LogP contribution in [0, 0.1) is 0 Å². The van der Waals surface area contributed by atoms with E-state index in [0.717, 1.165) is 31.4 Å². The number of carbonyl (C=O) groups excluding carboxylic acids is 1. The monoisotopic (exact) mass is 400 g/mol. The summed E-state index contributed by atoms with van der Waals surface area (Å²) in [5.41, 5.74) is 1.07. The van der Waals surface area contributed by atoms with Crippen LogP contribution in [0.3, 0.4) is 0 Å². The molecular formula is C21H21ClN2O2S. The Morgan fingerprint density at radius 1 is 1.22 bits per heavy atom. The van der Waals surface area contributed by atoms with Crippen molar-refractivity contribution < 1.29 is 9.53 Å². The summed E-state index contributed by atoms with van der Waals surface area (Å²) in [5.74, 6) is 1.07. The van der Waals surface area contributed by atoms with E-state index in [1.165, 1.54) is 9.71 Å². The SMILES string of the molecule is C[C@H](Oc1cccc(Cl)c1)C(=O)N1CCC(c2nc3ccccc3s2)CC1. The van der Waals surface area contributed by atoms with Crippen molar-refractivity contribution in [3.63, 3.8) is 0 Å². The van der Waals surface area contributed by atoms with Gasteiger partial charge in [0, 0.05) is 24.0 Å². The number of fused-ring (bicyclic) bond motifs is 1. The third-order valence-electron chi connectivity index (χ3n) is 4.92. The Morgan fingerprint density at radius 3 is 2.74 bits per heavy atom. The Morgan fingerprint density at radius 2 is 2.00 bits per heavy atom. The van der Waals surface area contributed by atoms with E-state index in [2.05, 4.69) is 12.1 Å². The molecule has 2 aromatic carbocycles. The molecule has 0 bridgehead atoms. The number of benzene rings is 2. The van der Waals surface area contributed by atoms with E-state index in [4.69, 9.17) is 21.3 Å². The molecule has 6 heteroatoms. The van der Waals surface area contributed by atoms with Crippen molar-refractivity contribution in [2.24, 2.45) is 0 Å². The van der Waals surface area contributed by atoms with Gasteiger partial charge < -0.3 is 9.64 Å². The zero-order chi connectivity index (χ0) is 18.8. The highest BCUT2D eigenvalue weighted by molar-refractivity contribution is 7.18. The standard InChI is InChI=1S/C21H21ClN2O2S/c1-14(26-17-6-4-5-16(22)13-17)21(25)24-11-9-15(10-12-24)20-23-18-7-2-3-8-19(18)27-20/h2-8,13-15H,9-12H2,1H3/t14-/m0/s1. The maximum Gasteiger partial charge on any atom is 0.263 e. The molecule has 0 N–H and O–H groups in total. The second-order valence-corrected chi connectivity index (χ2v) is 8.34. The molecule has 1 amide bonds. The predicted octanol–water partition coefficient (Wildman–Crippen LogP) is 5.12. The van der Waals surface area contributed by atoms with Crippen LogP contribution in [0.2, 0.25) is 5.02 Å². The molecule has 1 saturated heterocycles. The van der Waals surface area contributed by atoms with Crippen molar-refractivity contribution in [3.05, 3.63) is 58.6 Å². The maximum atomic E-state index is 12.7. The second-order valence-electron chi connectivity index (χ2n) is 6.84. The first kappa shape index (κ1) is 18.3. The Hall–Kier alpha value is -2.11. The van der Waals surface area contributed by atoms with Gasteiger partial charge in [0.05, 0.1) is 15.2 Å². The summed E-state index contributed by atoms with van der Waals surface area (Å²) >= 11 is 7.75. The van der Waals surface area contributed by atoms with Crippen LogP contribution in [0.5, 0.6) is 5.75 Å². The van der Waals surface area contributed by atoms with Gasteiger partial charge in [0.1, 0.15) is 5.75 Å². The van der Waals surface area contributed by atoms with Gasteiger partial charge in [0.2, 0.25) is 0 Å². The summed E-state index contributed by atoms with van der Waals surface area (Å²) in [7, 11) is 0. The number of carbonyl (C=O) groups is 1. The van der Waals surface area contributed by atoms with E-state index in [0.29, 0.717) is 16.7 Å². The molecule has 1 fully saturated rings. The van der Waals surface area contributed by atoms with Crippen molar-refractivity contribution in [2.75, 3.05) is 13.1 Å². The first-order chi connectivity index (χ1) is 13.1. The lowest BCUT2D eigenvalue weighted by atomic mass is 9.97. The molecule has 1 aliphatic heterocycles. The number of aromatic nitrogens is 1. The average Bonchev–Trinajstić information content (AvgIpc) is 3.12. The molecule has 0 radical (unpaired) electrons. The number of likely N-dealkylation sites (tertiary alicyclic amines) is 1. The van der Waals surface area contributed by atoms with E-state index in [1.54, 1.807) is 30.4 Å². The Balaban J connectivity index is 1.36. The summed E-state index contributed by atoms with van der Waals surface area (Å²) < 4.78 is 7.01. The van der Waals surface area contributed by atoms with Crippen LogP contribution in [-0.4, -0.2) is 35.0 Å². The third kappa shape index (κ3) is 4.09. The Labute approximate surface area is 167 Å². The summed E-state index contributed by atoms with van der Waals surface area (Å²) in [6.07, 6.45) is 1.35. The minimum absolute atomic E-state index is 0.0257. The molecule has 0 unspecified atom stereocenters. The molecule has 4 rings (SSSR count). The van der Waals surface area contributed by atoms with Crippen LogP contribution in [0.4, 0.5) is 0 Å². The lowest BCUT2D eigenvalue weighted by Crippen LogP contribution is -2.44. The minimum Gasteiger partial charge on any atom is -0.481 e. The first-order valence-corrected chi connectivity index (χ1v) is 10.4. The molecule has 1 aromatic heterocycles. The van der Waals surface area contributed by atoms with E-state index in [1.807, 2.05) is 29.2 Å². The lowest BCUT2D eigenvalue weighted by Gasteiger charge is -2.32. The lowest BCUT2D eigenvalue weighted by molar-refractivity contribution is -0.139. The number of halogens is 1. The van der Waals surface area contributed by atoms with E-state index in [9.17, 15) is 4.79 Å². The Bertz CT molecular complexity index is 917. The molecule has 3 aromatic rings. The molecule has 2 heterocycles. The summed E-state index contributed by atoms with van der Waals surface area (Å²) in [6.45, 7) is 3.27. The molecule has 0 aliphatic carbocycles. The smallest absolute Gasteiger partial charge is 0.263 e. The molecule has 0 spiro atoms. The number of hydrogen-bond donors (Lipinski definition) is 0. The van der Waals surface area contributed by atoms with Gasteiger partial charge in [0.15, 0.2) is 6.10 Å². The number of piperidine rings is 1. The van der Waals surface area contributed by atoms with E-state index in [-0.39, 0.29) is 5.91 Å². The van der Waals surface area contributed by atoms with Gasteiger partial charge in [0.25, 0.3) is 5.91 Å². The van der Waals surface area contributed by atoms with Gasteiger partial charge in [-0.25, -0.2) is 4.98 Å². The van der Waals surface area contributed by atoms with Crippen molar-refractivity contribution in [2.45, 2.75) is 31.8 Å². The highest BCUT2D eigenvalue weighted by Crippen LogP contribution is 2.34. The maximum absolute atomic E-state index is 12.7. The van der Waals surface area contributed by atoms with Crippen molar-refractivity contribution in [1.29, 1.82) is 0 Å². The quantitative estimate of drug-likeness (QED) is 0.610. The van der Waals surface area contributed by atoms with Gasteiger partial charge in [-0.05, 0) is 50.1 Å². The first-order valence-electron chi connectivity index (χ1n) is 9.16. The van der Waals surface area contributed by atoms with Gasteiger partial charge in [-0.3, -0.25) is 4.79 Å². The van der Waals surface area contributed by atoms with Gasteiger partial charge >= 0.3 is 0 Å². The fourth-order valence-electron chi connectivity index (χ4n) is 3.46.